The maximum atomic E-state index is 6.19. The third-order valence-corrected chi connectivity index (χ3v) is 4.95. The van der Waals surface area contributed by atoms with E-state index in [0.717, 1.165) is 40.7 Å². The van der Waals surface area contributed by atoms with Crippen LogP contribution in [-0.4, -0.2) is 6.54 Å². The topological polar surface area (TPSA) is 3.24 Å². The number of rotatable bonds is 2. The highest BCUT2D eigenvalue weighted by Crippen LogP contribution is 2.37. The number of benzene rings is 3. The van der Waals surface area contributed by atoms with Gasteiger partial charge in [-0.3, -0.25) is 0 Å². The molecule has 120 valence electrons. The van der Waals surface area contributed by atoms with Gasteiger partial charge in [0.15, 0.2) is 0 Å². The minimum absolute atomic E-state index is 0.761. The largest absolute Gasteiger partial charge is 0.341 e. The molecule has 1 nitrogen and oxygen atoms in total. The first-order valence-electron chi connectivity index (χ1n) is 8.13. The van der Waals surface area contributed by atoms with Crippen LogP contribution in [0, 0.1) is 0 Å². The minimum Gasteiger partial charge on any atom is -0.341 e. The monoisotopic (exact) mass is 353 g/mol. The molecule has 0 aliphatic carbocycles. The summed E-state index contributed by atoms with van der Waals surface area (Å²) in [6.07, 6.45) is 2.26. The Balaban J connectivity index is 1.80. The van der Waals surface area contributed by atoms with Gasteiger partial charge in [-0.05, 0) is 65.9 Å². The molecule has 3 aromatic rings. The number of halogens is 2. The summed E-state index contributed by atoms with van der Waals surface area (Å²) in [4.78, 5) is 2.36. The van der Waals surface area contributed by atoms with Crippen molar-refractivity contribution in [2.75, 3.05) is 11.4 Å². The third-order valence-electron chi connectivity index (χ3n) is 4.48. The molecule has 0 radical (unpaired) electrons. The van der Waals surface area contributed by atoms with Crippen LogP contribution in [0.15, 0.2) is 66.7 Å². The number of anilines is 2. The van der Waals surface area contributed by atoms with E-state index in [1.165, 1.54) is 16.8 Å². The molecule has 0 atom stereocenters. The fourth-order valence-corrected chi connectivity index (χ4v) is 3.71. The van der Waals surface area contributed by atoms with Gasteiger partial charge in [0.1, 0.15) is 0 Å². The molecule has 0 spiro atoms. The van der Waals surface area contributed by atoms with Gasteiger partial charge in [-0.25, -0.2) is 0 Å². The van der Waals surface area contributed by atoms with Crippen LogP contribution in [0.25, 0.3) is 11.1 Å². The molecule has 0 fully saturated rings. The minimum atomic E-state index is 0.761. The first kappa shape index (κ1) is 15.6. The highest BCUT2D eigenvalue weighted by atomic mass is 35.5. The van der Waals surface area contributed by atoms with Gasteiger partial charge >= 0.3 is 0 Å². The summed E-state index contributed by atoms with van der Waals surface area (Å²) < 4.78 is 0. The molecule has 0 saturated heterocycles. The normalized spacial score (nSPS) is 13.7. The predicted molar refractivity (Wildman–Crippen MR) is 104 cm³/mol. The van der Waals surface area contributed by atoms with Crippen molar-refractivity contribution < 1.29 is 0 Å². The van der Waals surface area contributed by atoms with E-state index in [-0.39, 0.29) is 0 Å². The Hall–Kier alpha value is -1.96. The van der Waals surface area contributed by atoms with Gasteiger partial charge in [0.2, 0.25) is 0 Å². The fraction of sp³-hybridized carbons (Fsp3) is 0.143. The summed E-state index contributed by atoms with van der Waals surface area (Å²) in [5.74, 6) is 0. The molecule has 0 unspecified atom stereocenters. The highest BCUT2D eigenvalue weighted by molar-refractivity contribution is 6.31. The Bertz CT molecular complexity index is 889. The zero-order chi connectivity index (χ0) is 16.5. The molecule has 0 saturated carbocycles. The highest BCUT2D eigenvalue weighted by Gasteiger charge is 2.19. The Morgan fingerprint density at radius 2 is 1.50 bits per heavy atom. The summed E-state index contributed by atoms with van der Waals surface area (Å²) >= 11 is 12.3. The Morgan fingerprint density at radius 3 is 2.29 bits per heavy atom. The van der Waals surface area contributed by atoms with Crippen LogP contribution in [0.3, 0.4) is 0 Å². The quantitative estimate of drug-likeness (QED) is 0.492. The van der Waals surface area contributed by atoms with Crippen LogP contribution in [0.1, 0.15) is 12.0 Å². The average molecular weight is 354 g/mol. The SMILES string of the molecule is Clc1cccc(-c2ccc3c(c2)N(c2cccc(Cl)c2)CCC3)c1. The Labute approximate surface area is 152 Å². The van der Waals surface area contributed by atoms with Crippen molar-refractivity contribution in [1.29, 1.82) is 0 Å². The molecule has 3 heteroatoms. The van der Waals surface area contributed by atoms with E-state index in [0.29, 0.717) is 0 Å². The zero-order valence-corrected chi connectivity index (χ0v) is 14.7. The summed E-state index contributed by atoms with van der Waals surface area (Å²) in [7, 11) is 0. The van der Waals surface area contributed by atoms with Crippen molar-refractivity contribution in [3.8, 4) is 11.1 Å². The molecule has 0 bridgehead atoms. The van der Waals surface area contributed by atoms with Crippen LogP contribution in [-0.2, 0) is 6.42 Å². The number of aryl methyl sites for hydroxylation is 1. The van der Waals surface area contributed by atoms with Crippen LogP contribution in [0.5, 0.6) is 0 Å². The summed E-state index contributed by atoms with van der Waals surface area (Å²) in [5.41, 5.74) is 6.12. The van der Waals surface area contributed by atoms with Crippen LogP contribution in [0.4, 0.5) is 11.4 Å². The van der Waals surface area contributed by atoms with Crippen molar-refractivity contribution in [2.45, 2.75) is 12.8 Å². The second-order valence-corrected chi connectivity index (χ2v) is 6.96. The second kappa shape index (κ2) is 6.51. The van der Waals surface area contributed by atoms with E-state index >= 15 is 0 Å². The van der Waals surface area contributed by atoms with Gasteiger partial charge in [-0.1, -0.05) is 53.5 Å². The lowest BCUT2D eigenvalue weighted by molar-refractivity contribution is 0.767. The van der Waals surface area contributed by atoms with Crippen molar-refractivity contribution in [2.24, 2.45) is 0 Å². The molecule has 3 aromatic carbocycles. The maximum Gasteiger partial charge on any atom is 0.0449 e. The lowest BCUT2D eigenvalue weighted by atomic mass is 9.96. The van der Waals surface area contributed by atoms with E-state index < -0.39 is 0 Å². The Kier molecular flexibility index (Phi) is 4.22. The lowest BCUT2D eigenvalue weighted by Gasteiger charge is -2.32. The molecule has 0 N–H and O–H groups in total. The van der Waals surface area contributed by atoms with Crippen molar-refractivity contribution in [3.63, 3.8) is 0 Å². The van der Waals surface area contributed by atoms with Gasteiger partial charge in [0, 0.05) is 28.0 Å². The van der Waals surface area contributed by atoms with E-state index in [1.807, 2.05) is 36.4 Å². The smallest absolute Gasteiger partial charge is 0.0449 e. The standard InChI is InChI=1S/C21H17Cl2N/c22-18-6-1-4-16(12-18)17-10-9-15-5-3-11-24(21(15)13-17)20-8-2-7-19(23)14-20/h1-2,4,6-10,12-14H,3,5,11H2. The van der Waals surface area contributed by atoms with Gasteiger partial charge in [-0.15, -0.1) is 0 Å². The summed E-state index contributed by atoms with van der Waals surface area (Å²) in [5, 5.41) is 1.53. The molecule has 1 aliphatic rings. The van der Waals surface area contributed by atoms with E-state index in [2.05, 4.69) is 35.2 Å². The number of hydrogen-bond donors (Lipinski definition) is 0. The predicted octanol–water partition coefficient (Wildman–Crippen LogP) is 6.74. The van der Waals surface area contributed by atoms with E-state index in [1.54, 1.807) is 0 Å². The molecule has 4 rings (SSSR count). The van der Waals surface area contributed by atoms with Crippen molar-refractivity contribution in [3.05, 3.63) is 82.3 Å². The van der Waals surface area contributed by atoms with Crippen LogP contribution >= 0.6 is 23.2 Å². The third kappa shape index (κ3) is 3.02. The fourth-order valence-electron chi connectivity index (χ4n) is 3.33. The first-order valence-corrected chi connectivity index (χ1v) is 8.88. The first-order chi connectivity index (χ1) is 11.7. The maximum absolute atomic E-state index is 6.19. The average Bonchev–Trinajstić information content (AvgIpc) is 2.61. The second-order valence-electron chi connectivity index (χ2n) is 6.09. The molecular weight excluding hydrogens is 337 g/mol. The zero-order valence-electron chi connectivity index (χ0n) is 13.2. The lowest BCUT2D eigenvalue weighted by Crippen LogP contribution is -2.24. The van der Waals surface area contributed by atoms with E-state index in [4.69, 9.17) is 23.2 Å². The van der Waals surface area contributed by atoms with Crippen LogP contribution < -0.4 is 4.90 Å². The van der Waals surface area contributed by atoms with Crippen molar-refractivity contribution >= 4 is 34.6 Å². The summed E-state index contributed by atoms with van der Waals surface area (Å²) in [6.45, 7) is 1.01. The Morgan fingerprint density at radius 1 is 0.750 bits per heavy atom. The molecule has 0 aromatic heterocycles. The number of hydrogen-bond acceptors (Lipinski definition) is 1. The molecule has 24 heavy (non-hydrogen) atoms. The number of fused-ring (bicyclic) bond motifs is 1. The molecular formula is C21H17Cl2N. The van der Waals surface area contributed by atoms with Gasteiger partial charge in [0.05, 0.1) is 0 Å². The van der Waals surface area contributed by atoms with Gasteiger partial charge < -0.3 is 4.90 Å². The summed E-state index contributed by atoms with van der Waals surface area (Å²) in [6, 6.07) is 22.8. The van der Waals surface area contributed by atoms with Gasteiger partial charge in [0.25, 0.3) is 0 Å². The van der Waals surface area contributed by atoms with E-state index in [9.17, 15) is 0 Å². The molecule has 0 amide bonds. The molecule has 1 heterocycles. The van der Waals surface area contributed by atoms with Gasteiger partial charge in [-0.2, -0.15) is 0 Å². The number of nitrogens with zero attached hydrogens (tertiary/aromatic N) is 1. The van der Waals surface area contributed by atoms with Crippen molar-refractivity contribution in [1.82, 2.24) is 0 Å². The van der Waals surface area contributed by atoms with Crippen LogP contribution in [0.2, 0.25) is 10.0 Å². The molecule has 1 aliphatic heterocycles.